The summed E-state index contributed by atoms with van der Waals surface area (Å²) in [6.45, 7) is 4.04. The maximum atomic E-state index is 11.9. The number of carbonyl (C=O) groups is 1. The minimum Gasteiger partial charge on any atom is -0.341 e. The van der Waals surface area contributed by atoms with E-state index in [1.165, 1.54) is 0 Å². The predicted molar refractivity (Wildman–Crippen MR) is 66.0 cm³/mol. The van der Waals surface area contributed by atoms with Crippen LogP contribution in [0.5, 0.6) is 0 Å². The maximum absolute atomic E-state index is 11.9. The molecule has 4 heteroatoms. The Morgan fingerprint density at radius 1 is 1.53 bits per heavy atom. The highest BCUT2D eigenvalue weighted by Crippen LogP contribution is 2.16. The summed E-state index contributed by atoms with van der Waals surface area (Å²) < 4.78 is 0. The van der Waals surface area contributed by atoms with E-state index < -0.39 is 0 Å². The van der Waals surface area contributed by atoms with E-state index in [1.807, 2.05) is 11.2 Å². The fourth-order valence-electron chi connectivity index (χ4n) is 1.83. The number of nitrogens with zero attached hydrogens (tertiary/aromatic N) is 1. The highest BCUT2D eigenvalue weighted by molar-refractivity contribution is 7.98. The zero-order valence-electron chi connectivity index (χ0n) is 9.74. The van der Waals surface area contributed by atoms with E-state index in [9.17, 15) is 4.79 Å². The first-order valence-electron chi connectivity index (χ1n) is 5.68. The molecule has 0 spiro atoms. The molecule has 0 aromatic carbocycles. The molecule has 0 aliphatic carbocycles. The largest absolute Gasteiger partial charge is 0.341 e. The van der Waals surface area contributed by atoms with Crippen LogP contribution in [-0.2, 0) is 4.79 Å². The van der Waals surface area contributed by atoms with Gasteiger partial charge in [-0.05, 0) is 37.2 Å². The van der Waals surface area contributed by atoms with E-state index in [0.29, 0.717) is 0 Å². The molecule has 15 heavy (non-hydrogen) atoms. The Morgan fingerprint density at radius 2 is 2.13 bits per heavy atom. The number of piperidine rings is 1. The lowest BCUT2D eigenvalue weighted by molar-refractivity contribution is -0.133. The van der Waals surface area contributed by atoms with Crippen LogP contribution in [0, 0.1) is 5.92 Å². The van der Waals surface area contributed by atoms with E-state index in [4.69, 9.17) is 5.73 Å². The van der Waals surface area contributed by atoms with Gasteiger partial charge in [-0.25, -0.2) is 0 Å². The van der Waals surface area contributed by atoms with Crippen LogP contribution in [0.1, 0.15) is 26.2 Å². The van der Waals surface area contributed by atoms with E-state index in [-0.39, 0.29) is 11.9 Å². The van der Waals surface area contributed by atoms with Crippen LogP contribution in [0.25, 0.3) is 0 Å². The lowest BCUT2D eigenvalue weighted by Crippen LogP contribution is -2.47. The van der Waals surface area contributed by atoms with Gasteiger partial charge in [0.25, 0.3) is 0 Å². The van der Waals surface area contributed by atoms with Crippen molar-refractivity contribution in [1.29, 1.82) is 0 Å². The van der Waals surface area contributed by atoms with Crippen molar-refractivity contribution in [2.24, 2.45) is 11.7 Å². The van der Waals surface area contributed by atoms with E-state index in [1.54, 1.807) is 11.8 Å². The third-order valence-electron chi connectivity index (χ3n) is 3.05. The van der Waals surface area contributed by atoms with Gasteiger partial charge >= 0.3 is 0 Å². The predicted octanol–water partition coefficient (Wildman–Crippen LogP) is 1.33. The summed E-state index contributed by atoms with van der Waals surface area (Å²) in [4.78, 5) is 13.8. The maximum Gasteiger partial charge on any atom is 0.239 e. The van der Waals surface area contributed by atoms with Gasteiger partial charge in [-0.3, -0.25) is 4.79 Å². The normalized spacial score (nSPS) is 20.3. The van der Waals surface area contributed by atoms with Gasteiger partial charge in [0.1, 0.15) is 0 Å². The first-order chi connectivity index (χ1) is 7.15. The molecule has 1 aliphatic heterocycles. The molecule has 88 valence electrons. The third-order valence-corrected chi connectivity index (χ3v) is 3.69. The molecule has 1 heterocycles. The van der Waals surface area contributed by atoms with E-state index in [0.717, 1.165) is 44.0 Å². The van der Waals surface area contributed by atoms with Gasteiger partial charge in [0, 0.05) is 13.1 Å². The number of rotatable bonds is 4. The minimum atomic E-state index is -0.286. The molecule has 0 aromatic heterocycles. The van der Waals surface area contributed by atoms with Gasteiger partial charge in [0.05, 0.1) is 6.04 Å². The van der Waals surface area contributed by atoms with Gasteiger partial charge in [-0.1, -0.05) is 6.92 Å². The van der Waals surface area contributed by atoms with Crippen LogP contribution in [0.3, 0.4) is 0 Å². The molecular weight excluding hydrogens is 208 g/mol. The molecule has 1 atom stereocenters. The second kappa shape index (κ2) is 6.38. The molecule has 1 aliphatic rings. The quantitative estimate of drug-likeness (QED) is 0.792. The first kappa shape index (κ1) is 12.8. The smallest absolute Gasteiger partial charge is 0.239 e. The minimum absolute atomic E-state index is 0.149. The highest BCUT2D eigenvalue weighted by Gasteiger charge is 2.24. The van der Waals surface area contributed by atoms with Crippen molar-refractivity contribution in [2.75, 3.05) is 25.1 Å². The number of hydrogen-bond donors (Lipinski definition) is 1. The Hall–Kier alpha value is -0.220. The van der Waals surface area contributed by atoms with Crippen LogP contribution in [0.15, 0.2) is 0 Å². The zero-order chi connectivity index (χ0) is 11.3. The van der Waals surface area contributed by atoms with Gasteiger partial charge in [0.2, 0.25) is 5.91 Å². The number of amides is 1. The van der Waals surface area contributed by atoms with Gasteiger partial charge < -0.3 is 10.6 Å². The fraction of sp³-hybridized carbons (Fsp3) is 0.909. The standard InChI is InChI=1S/C11H22N2OS/c1-9-3-6-13(7-4-9)11(14)10(12)5-8-15-2/h9-10H,3-8,12H2,1-2H3/t10-/m0/s1. The highest BCUT2D eigenvalue weighted by atomic mass is 32.2. The molecule has 0 bridgehead atoms. The average molecular weight is 230 g/mol. The van der Waals surface area contributed by atoms with Crippen LogP contribution in [0.2, 0.25) is 0 Å². The van der Waals surface area contributed by atoms with Crippen molar-refractivity contribution < 1.29 is 4.79 Å². The summed E-state index contributed by atoms with van der Waals surface area (Å²) >= 11 is 1.74. The number of carbonyl (C=O) groups excluding carboxylic acids is 1. The lowest BCUT2D eigenvalue weighted by Gasteiger charge is -2.32. The van der Waals surface area contributed by atoms with Gasteiger partial charge in [-0.2, -0.15) is 11.8 Å². The molecule has 3 nitrogen and oxygen atoms in total. The van der Waals surface area contributed by atoms with E-state index in [2.05, 4.69) is 6.92 Å². The summed E-state index contributed by atoms with van der Waals surface area (Å²) in [5.74, 6) is 1.88. The topological polar surface area (TPSA) is 46.3 Å². The monoisotopic (exact) mass is 230 g/mol. The molecule has 1 fully saturated rings. The van der Waals surface area contributed by atoms with Crippen molar-refractivity contribution in [3.8, 4) is 0 Å². The van der Waals surface area contributed by atoms with E-state index >= 15 is 0 Å². The second-order valence-electron chi connectivity index (χ2n) is 4.40. The average Bonchev–Trinajstić information content (AvgIpc) is 2.26. The molecule has 0 unspecified atom stereocenters. The lowest BCUT2D eigenvalue weighted by atomic mass is 9.98. The van der Waals surface area contributed by atoms with Crippen LogP contribution >= 0.6 is 11.8 Å². The second-order valence-corrected chi connectivity index (χ2v) is 5.38. The zero-order valence-corrected chi connectivity index (χ0v) is 10.6. The summed E-state index contributed by atoms with van der Waals surface area (Å²) in [5.41, 5.74) is 5.86. The summed E-state index contributed by atoms with van der Waals surface area (Å²) in [7, 11) is 0. The molecule has 0 aromatic rings. The Morgan fingerprint density at radius 3 is 2.67 bits per heavy atom. The Labute approximate surface area is 96.8 Å². The molecule has 2 N–H and O–H groups in total. The fourth-order valence-corrected chi connectivity index (χ4v) is 2.32. The van der Waals surface area contributed by atoms with Crippen LogP contribution in [-0.4, -0.2) is 41.9 Å². The molecular formula is C11H22N2OS. The SMILES string of the molecule is CSCC[C@H](N)C(=O)N1CCC(C)CC1. The first-order valence-corrected chi connectivity index (χ1v) is 7.08. The molecule has 1 amide bonds. The number of hydrogen-bond acceptors (Lipinski definition) is 3. The summed E-state index contributed by atoms with van der Waals surface area (Å²) in [6.07, 6.45) is 5.09. The third kappa shape index (κ3) is 4.03. The van der Waals surface area contributed by atoms with Crippen LogP contribution < -0.4 is 5.73 Å². The molecule has 0 saturated carbocycles. The van der Waals surface area contributed by atoms with Crippen molar-refractivity contribution in [1.82, 2.24) is 4.90 Å². The summed E-state index contributed by atoms with van der Waals surface area (Å²) in [6, 6.07) is -0.286. The van der Waals surface area contributed by atoms with Crippen molar-refractivity contribution in [2.45, 2.75) is 32.2 Å². The summed E-state index contributed by atoms with van der Waals surface area (Å²) in [5, 5.41) is 0. The van der Waals surface area contributed by atoms with Crippen molar-refractivity contribution >= 4 is 17.7 Å². The van der Waals surface area contributed by atoms with Gasteiger partial charge in [0.15, 0.2) is 0 Å². The number of nitrogens with two attached hydrogens (primary N) is 1. The Balaban J connectivity index is 2.32. The van der Waals surface area contributed by atoms with Crippen molar-refractivity contribution in [3.05, 3.63) is 0 Å². The van der Waals surface area contributed by atoms with Crippen molar-refractivity contribution in [3.63, 3.8) is 0 Å². The number of likely N-dealkylation sites (tertiary alicyclic amines) is 1. The van der Waals surface area contributed by atoms with Crippen LogP contribution in [0.4, 0.5) is 0 Å². The molecule has 1 saturated heterocycles. The Bertz CT molecular complexity index is 203. The Kier molecular flexibility index (Phi) is 5.47. The molecule has 0 radical (unpaired) electrons. The number of thioether (sulfide) groups is 1. The molecule has 1 rings (SSSR count). The van der Waals surface area contributed by atoms with Gasteiger partial charge in [-0.15, -0.1) is 0 Å².